The Bertz CT molecular complexity index is 523. The van der Waals surface area contributed by atoms with Gasteiger partial charge in [0.2, 0.25) is 0 Å². The summed E-state index contributed by atoms with van der Waals surface area (Å²) in [6.07, 6.45) is 0.125. The molecule has 21 heavy (non-hydrogen) atoms. The van der Waals surface area contributed by atoms with Crippen LogP contribution in [-0.4, -0.2) is 56.3 Å². The molecular formula is C14H17NO3S3. The van der Waals surface area contributed by atoms with E-state index in [0.29, 0.717) is 5.04 Å². The van der Waals surface area contributed by atoms with Crippen LogP contribution in [0.2, 0.25) is 0 Å². The van der Waals surface area contributed by atoms with Crippen LogP contribution in [0.25, 0.3) is 0 Å². The van der Waals surface area contributed by atoms with Gasteiger partial charge in [-0.2, -0.15) is 0 Å². The van der Waals surface area contributed by atoms with E-state index in [1.54, 1.807) is 23.5 Å². The molecule has 3 aliphatic heterocycles. The van der Waals surface area contributed by atoms with E-state index >= 15 is 0 Å². The van der Waals surface area contributed by atoms with Gasteiger partial charge in [-0.15, -0.1) is 23.5 Å². The molecular weight excluding hydrogens is 326 g/mol. The Kier molecular flexibility index (Phi) is 4.87. The van der Waals surface area contributed by atoms with E-state index in [4.69, 9.17) is 10.1 Å². The average molecular weight is 343 g/mol. The van der Waals surface area contributed by atoms with Crippen LogP contribution in [0.3, 0.4) is 0 Å². The van der Waals surface area contributed by atoms with Crippen molar-refractivity contribution >= 4 is 40.3 Å². The predicted octanol–water partition coefficient (Wildman–Crippen LogP) is 2.03. The number of aliphatic hydroxyl groups excluding tert-OH is 2. The maximum Gasteiger partial charge on any atom is 0.122 e. The lowest BCUT2D eigenvalue weighted by molar-refractivity contribution is -0.138. The van der Waals surface area contributed by atoms with Crippen molar-refractivity contribution in [1.82, 2.24) is 0 Å². The van der Waals surface area contributed by atoms with Gasteiger partial charge in [0, 0.05) is 16.2 Å². The Morgan fingerprint density at radius 1 is 1.29 bits per heavy atom. The minimum Gasteiger partial charge on any atom is -0.389 e. The zero-order chi connectivity index (χ0) is 15.0. The first-order valence-corrected chi connectivity index (χ1v) is 9.78. The molecule has 114 valence electrons. The standard InChI is InChI=1S/C14H17NO3S3/c1-19-13(15)7-2-4-8(5-3-7)21-14-12-11(17)10(16)9(18-14)6-20-12/h2-5,9-12,14-17H,6H2,1H3/t9-,10-,11+,12+,14+/m1/s1. The van der Waals surface area contributed by atoms with Crippen molar-refractivity contribution in [3.63, 3.8) is 0 Å². The molecule has 4 rings (SSSR count). The molecule has 1 aromatic carbocycles. The first-order chi connectivity index (χ1) is 10.1. The number of fused-ring (bicyclic) bond motifs is 3. The van der Waals surface area contributed by atoms with Crippen molar-refractivity contribution in [3.05, 3.63) is 29.8 Å². The first kappa shape index (κ1) is 15.7. The number of hydrogen-bond acceptors (Lipinski definition) is 7. The molecule has 0 aromatic heterocycles. The monoisotopic (exact) mass is 343 g/mol. The van der Waals surface area contributed by atoms with Gasteiger partial charge in [-0.1, -0.05) is 23.9 Å². The summed E-state index contributed by atoms with van der Waals surface area (Å²) in [6, 6.07) is 7.81. The van der Waals surface area contributed by atoms with Gasteiger partial charge in [0.25, 0.3) is 0 Å². The van der Waals surface area contributed by atoms with Crippen LogP contribution in [-0.2, 0) is 4.74 Å². The third-order valence-corrected chi connectivity index (χ3v) is 7.10. The van der Waals surface area contributed by atoms with Gasteiger partial charge in [0.15, 0.2) is 0 Å². The molecule has 4 nitrogen and oxygen atoms in total. The number of aliphatic hydroxyl groups is 2. The molecule has 1 aromatic rings. The maximum absolute atomic E-state index is 10.1. The Morgan fingerprint density at radius 3 is 2.62 bits per heavy atom. The molecule has 2 bridgehead atoms. The van der Waals surface area contributed by atoms with Crippen molar-refractivity contribution in [3.8, 4) is 0 Å². The van der Waals surface area contributed by atoms with E-state index in [0.717, 1.165) is 16.2 Å². The van der Waals surface area contributed by atoms with Crippen LogP contribution < -0.4 is 0 Å². The second-order valence-electron chi connectivity index (χ2n) is 5.00. The molecule has 3 fully saturated rings. The minimum absolute atomic E-state index is 0.0980. The first-order valence-electron chi connectivity index (χ1n) is 6.63. The van der Waals surface area contributed by atoms with Gasteiger partial charge in [-0.05, 0) is 18.4 Å². The summed E-state index contributed by atoms with van der Waals surface area (Å²) in [5.74, 6) is 0.740. The fourth-order valence-electron chi connectivity index (χ4n) is 2.46. The summed E-state index contributed by atoms with van der Waals surface area (Å²) in [6.45, 7) is 0. The molecule has 5 atom stereocenters. The van der Waals surface area contributed by atoms with Crippen LogP contribution >= 0.6 is 35.3 Å². The average Bonchev–Trinajstić information content (AvgIpc) is 2.52. The lowest BCUT2D eigenvalue weighted by atomic mass is 10.0. The van der Waals surface area contributed by atoms with Crippen molar-refractivity contribution in [2.24, 2.45) is 0 Å². The molecule has 3 aliphatic rings. The second-order valence-corrected chi connectivity index (χ2v) is 8.20. The lowest BCUT2D eigenvalue weighted by Crippen LogP contribution is -2.60. The van der Waals surface area contributed by atoms with Crippen LogP contribution in [0.5, 0.6) is 0 Å². The molecule has 0 spiro atoms. The van der Waals surface area contributed by atoms with E-state index in [2.05, 4.69) is 0 Å². The highest BCUT2D eigenvalue weighted by atomic mass is 32.2. The number of thioether (sulfide) groups is 3. The Hall–Kier alpha value is -0.180. The van der Waals surface area contributed by atoms with Crippen molar-refractivity contribution in [2.45, 2.75) is 33.9 Å². The number of nitrogens with one attached hydrogen (secondary N) is 1. The molecule has 3 N–H and O–H groups in total. The summed E-state index contributed by atoms with van der Waals surface area (Å²) in [4.78, 5) is 1.05. The molecule has 0 amide bonds. The normalized spacial score (nSPS) is 34.9. The van der Waals surface area contributed by atoms with Crippen LogP contribution in [0.1, 0.15) is 5.56 Å². The van der Waals surface area contributed by atoms with Gasteiger partial charge in [-0.25, -0.2) is 0 Å². The van der Waals surface area contributed by atoms with Crippen molar-refractivity contribution < 1.29 is 14.9 Å². The SMILES string of the molecule is CSC(=N)c1ccc(S[C@@H]2O[C@@H]3CS[C@H]2[C@@H](O)[C@@H]3O)cc1. The molecule has 0 saturated carbocycles. The lowest BCUT2D eigenvalue weighted by Gasteiger charge is -2.47. The smallest absolute Gasteiger partial charge is 0.122 e. The highest BCUT2D eigenvalue weighted by Gasteiger charge is 2.49. The molecule has 3 saturated heterocycles. The van der Waals surface area contributed by atoms with Gasteiger partial charge < -0.3 is 14.9 Å². The maximum atomic E-state index is 10.1. The minimum atomic E-state index is -0.766. The summed E-state index contributed by atoms with van der Waals surface area (Å²) in [7, 11) is 0. The van der Waals surface area contributed by atoms with Crippen molar-refractivity contribution in [1.29, 1.82) is 5.41 Å². The number of rotatable bonds is 3. The molecule has 0 radical (unpaired) electrons. The van der Waals surface area contributed by atoms with Crippen LogP contribution in [0.4, 0.5) is 0 Å². The highest BCUT2D eigenvalue weighted by Crippen LogP contribution is 2.44. The third-order valence-electron chi connectivity index (χ3n) is 3.67. The molecule has 0 unspecified atom stereocenters. The Labute approximate surface area is 136 Å². The van der Waals surface area contributed by atoms with Gasteiger partial charge in [-0.3, -0.25) is 5.41 Å². The summed E-state index contributed by atoms with van der Waals surface area (Å²) in [5, 5.41) is 28.2. The van der Waals surface area contributed by atoms with E-state index in [1.807, 2.05) is 30.5 Å². The van der Waals surface area contributed by atoms with E-state index in [1.165, 1.54) is 11.8 Å². The van der Waals surface area contributed by atoms with Crippen molar-refractivity contribution in [2.75, 3.05) is 12.0 Å². The molecule has 7 heteroatoms. The van der Waals surface area contributed by atoms with Gasteiger partial charge in [0.1, 0.15) is 11.5 Å². The topological polar surface area (TPSA) is 73.5 Å². The van der Waals surface area contributed by atoms with Crippen LogP contribution in [0.15, 0.2) is 29.2 Å². The predicted molar refractivity (Wildman–Crippen MR) is 89.6 cm³/mol. The largest absolute Gasteiger partial charge is 0.389 e. The summed E-state index contributed by atoms with van der Waals surface area (Å²) >= 11 is 4.66. The highest BCUT2D eigenvalue weighted by molar-refractivity contribution is 8.13. The fraction of sp³-hybridized carbons (Fsp3) is 0.500. The van der Waals surface area contributed by atoms with Gasteiger partial charge in [0.05, 0.1) is 22.5 Å². The summed E-state index contributed by atoms with van der Waals surface area (Å²) in [5.41, 5.74) is 0.765. The van der Waals surface area contributed by atoms with Gasteiger partial charge >= 0.3 is 0 Å². The fourth-order valence-corrected chi connectivity index (χ4v) is 5.55. The Balaban J connectivity index is 1.68. The zero-order valence-electron chi connectivity index (χ0n) is 11.4. The third kappa shape index (κ3) is 3.13. The van der Waals surface area contributed by atoms with E-state index < -0.39 is 12.2 Å². The number of ether oxygens (including phenoxy) is 1. The Morgan fingerprint density at radius 2 is 2.00 bits per heavy atom. The molecule has 0 aliphatic carbocycles. The number of hydrogen-bond donors (Lipinski definition) is 3. The quantitative estimate of drug-likeness (QED) is 0.576. The van der Waals surface area contributed by atoms with E-state index in [-0.39, 0.29) is 16.8 Å². The number of benzene rings is 1. The molecule has 3 heterocycles. The second kappa shape index (κ2) is 6.52. The van der Waals surface area contributed by atoms with Crippen LogP contribution in [0, 0.1) is 5.41 Å². The van der Waals surface area contributed by atoms with E-state index in [9.17, 15) is 10.2 Å². The zero-order valence-corrected chi connectivity index (χ0v) is 13.9. The summed E-state index contributed by atoms with van der Waals surface area (Å²) < 4.78 is 5.86.